The van der Waals surface area contributed by atoms with E-state index in [0.717, 1.165) is 0 Å². The molecule has 0 bridgehead atoms. The van der Waals surface area contributed by atoms with Gasteiger partial charge < -0.3 is 14.7 Å². The van der Waals surface area contributed by atoms with Gasteiger partial charge in [-0.25, -0.2) is 5.84 Å². The highest BCUT2D eigenvalue weighted by Crippen LogP contribution is 2.39. The van der Waals surface area contributed by atoms with Gasteiger partial charge in [0.25, 0.3) is 0 Å². The van der Waals surface area contributed by atoms with E-state index in [1.165, 1.54) is 18.2 Å². The van der Waals surface area contributed by atoms with Crippen LogP contribution in [0.3, 0.4) is 0 Å². The Hall–Kier alpha value is -2.25. The second-order valence-corrected chi connectivity index (χ2v) is 3.72. The summed E-state index contributed by atoms with van der Waals surface area (Å²) < 4.78 is 4.75. The van der Waals surface area contributed by atoms with Crippen LogP contribution in [0.25, 0.3) is 11.3 Å². The number of phenols is 2. The van der Waals surface area contributed by atoms with Gasteiger partial charge in [0.05, 0.1) is 5.02 Å². The molecule has 18 heavy (non-hydrogen) atoms. The molecule has 0 aliphatic heterocycles. The number of carbonyl (C=O) groups excluding carboxylic acids is 1. The van der Waals surface area contributed by atoms with Gasteiger partial charge in [-0.3, -0.25) is 10.2 Å². The third-order valence-corrected chi connectivity index (χ3v) is 2.62. The number of benzene rings is 1. The average molecular weight is 270 g/mol. The van der Waals surface area contributed by atoms with Crippen LogP contribution < -0.4 is 11.3 Å². The molecule has 0 spiro atoms. The van der Waals surface area contributed by atoms with Crippen molar-refractivity contribution in [2.45, 2.75) is 0 Å². The molecule has 1 amide bonds. The first-order valence-electron chi connectivity index (χ1n) is 4.73. The van der Waals surface area contributed by atoms with E-state index in [1.807, 2.05) is 5.43 Å². The van der Waals surface area contributed by atoms with E-state index in [9.17, 15) is 15.0 Å². The summed E-state index contributed by atoms with van der Waals surface area (Å²) in [7, 11) is 0. The molecule has 2 rings (SSSR count). The molecule has 94 valence electrons. The first kappa shape index (κ1) is 12.2. The standard InChI is InChI=1S/C10H8ClN3O4/c11-8-4(1-2-6(15)9(8)16)5-3-7(18-14-5)10(17)13-12/h1-3,15-16H,12H2,(H,13,17). The predicted octanol–water partition coefficient (Wildman–Crippen LogP) is 1.01. The molecule has 7 nitrogen and oxygen atoms in total. The zero-order valence-electron chi connectivity index (χ0n) is 8.85. The number of halogens is 1. The number of nitrogens with zero attached hydrogens (tertiary/aromatic N) is 1. The molecule has 0 aliphatic rings. The Kier molecular flexibility index (Phi) is 3.09. The highest BCUT2D eigenvalue weighted by Gasteiger charge is 2.17. The summed E-state index contributed by atoms with van der Waals surface area (Å²) in [6.45, 7) is 0. The second kappa shape index (κ2) is 4.55. The van der Waals surface area contributed by atoms with Crippen molar-refractivity contribution >= 4 is 17.5 Å². The summed E-state index contributed by atoms with van der Waals surface area (Å²) in [5.74, 6) is 3.37. The number of phenolic OH excluding ortho intramolecular Hbond substituents is 2. The molecule has 1 heterocycles. The number of hydrogen-bond donors (Lipinski definition) is 4. The lowest BCUT2D eigenvalue weighted by atomic mass is 10.1. The van der Waals surface area contributed by atoms with Crippen molar-refractivity contribution < 1.29 is 19.5 Å². The largest absolute Gasteiger partial charge is 0.504 e. The number of hydrogen-bond acceptors (Lipinski definition) is 6. The number of aromatic nitrogens is 1. The fourth-order valence-electron chi connectivity index (χ4n) is 1.33. The van der Waals surface area contributed by atoms with E-state index in [-0.39, 0.29) is 22.2 Å². The lowest BCUT2D eigenvalue weighted by Gasteiger charge is -2.03. The van der Waals surface area contributed by atoms with E-state index in [0.29, 0.717) is 5.56 Å². The Balaban J connectivity index is 2.47. The van der Waals surface area contributed by atoms with E-state index < -0.39 is 11.7 Å². The minimum atomic E-state index is -0.645. The third-order valence-electron chi connectivity index (χ3n) is 2.24. The van der Waals surface area contributed by atoms with Gasteiger partial charge in [0.2, 0.25) is 5.76 Å². The van der Waals surface area contributed by atoms with Crippen molar-refractivity contribution in [1.29, 1.82) is 0 Å². The van der Waals surface area contributed by atoms with Crippen LogP contribution in [-0.2, 0) is 0 Å². The first-order valence-corrected chi connectivity index (χ1v) is 5.11. The van der Waals surface area contributed by atoms with Crippen LogP contribution in [0.5, 0.6) is 11.5 Å². The van der Waals surface area contributed by atoms with Gasteiger partial charge in [0.15, 0.2) is 11.5 Å². The monoisotopic (exact) mass is 269 g/mol. The molecule has 5 N–H and O–H groups in total. The molecular weight excluding hydrogens is 262 g/mol. The van der Waals surface area contributed by atoms with Crippen molar-refractivity contribution in [1.82, 2.24) is 10.6 Å². The quantitative estimate of drug-likeness (QED) is 0.279. The topological polar surface area (TPSA) is 122 Å². The fraction of sp³-hybridized carbons (Fsp3) is 0. The minimum Gasteiger partial charge on any atom is -0.504 e. The summed E-state index contributed by atoms with van der Waals surface area (Å²) in [6.07, 6.45) is 0. The Morgan fingerprint density at radius 1 is 1.44 bits per heavy atom. The maximum absolute atomic E-state index is 11.2. The van der Waals surface area contributed by atoms with Crippen LogP contribution in [0.2, 0.25) is 5.02 Å². The molecule has 0 saturated carbocycles. The molecule has 1 aromatic heterocycles. The van der Waals surface area contributed by atoms with Crippen LogP contribution in [0.15, 0.2) is 22.7 Å². The molecule has 1 aromatic carbocycles. The third kappa shape index (κ3) is 1.96. The minimum absolute atomic E-state index is 0.0944. The molecule has 0 unspecified atom stereocenters. The van der Waals surface area contributed by atoms with Gasteiger partial charge in [-0.1, -0.05) is 16.8 Å². The summed E-state index contributed by atoms with van der Waals surface area (Å²) >= 11 is 5.84. The normalized spacial score (nSPS) is 10.3. The number of aromatic hydroxyl groups is 2. The second-order valence-electron chi connectivity index (χ2n) is 3.34. The van der Waals surface area contributed by atoms with E-state index in [4.69, 9.17) is 22.0 Å². The van der Waals surface area contributed by atoms with Crippen molar-refractivity contribution in [2.24, 2.45) is 5.84 Å². The SMILES string of the molecule is NNC(=O)c1cc(-c2ccc(O)c(O)c2Cl)no1. The molecule has 2 aromatic rings. The first-order chi connectivity index (χ1) is 8.54. The van der Waals surface area contributed by atoms with E-state index in [2.05, 4.69) is 5.16 Å². The van der Waals surface area contributed by atoms with Gasteiger partial charge in [0.1, 0.15) is 5.69 Å². The molecule has 0 saturated heterocycles. The maximum Gasteiger partial charge on any atom is 0.303 e. The molecule has 0 radical (unpaired) electrons. The Labute approximate surface area is 106 Å². The van der Waals surface area contributed by atoms with Crippen molar-refractivity contribution in [3.8, 4) is 22.8 Å². The van der Waals surface area contributed by atoms with Crippen molar-refractivity contribution in [3.63, 3.8) is 0 Å². The predicted molar refractivity (Wildman–Crippen MR) is 61.9 cm³/mol. The van der Waals surface area contributed by atoms with Gasteiger partial charge >= 0.3 is 5.91 Å². The van der Waals surface area contributed by atoms with Crippen LogP contribution in [0.1, 0.15) is 10.6 Å². The maximum atomic E-state index is 11.2. The van der Waals surface area contributed by atoms with E-state index >= 15 is 0 Å². The zero-order chi connectivity index (χ0) is 13.3. The fourth-order valence-corrected chi connectivity index (χ4v) is 1.59. The molecular formula is C10H8ClN3O4. The zero-order valence-corrected chi connectivity index (χ0v) is 9.60. The molecule has 0 fully saturated rings. The number of hydrazine groups is 1. The number of nitrogen functional groups attached to an aromatic ring is 1. The van der Waals surface area contributed by atoms with Gasteiger partial charge in [-0.05, 0) is 12.1 Å². The Bertz CT molecular complexity index is 611. The van der Waals surface area contributed by atoms with E-state index in [1.54, 1.807) is 0 Å². The summed E-state index contributed by atoms with van der Waals surface area (Å²) in [6, 6.07) is 3.98. The molecule has 0 atom stereocenters. The molecule has 8 heteroatoms. The van der Waals surface area contributed by atoms with Crippen LogP contribution in [0.4, 0.5) is 0 Å². The van der Waals surface area contributed by atoms with Gasteiger partial charge in [-0.2, -0.15) is 0 Å². The number of nitrogens with two attached hydrogens (primary N) is 1. The number of rotatable bonds is 2. The Morgan fingerprint density at radius 3 is 2.83 bits per heavy atom. The summed E-state index contributed by atoms with van der Waals surface area (Å²) in [4.78, 5) is 11.2. The smallest absolute Gasteiger partial charge is 0.303 e. The lowest BCUT2D eigenvalue weighted by molar-refractivity contribution is 0.0917. The number of nitrogens with one attached hydrogen (secondary N) is 1. The Morgan fingerprint density at radius 2 is 2.17 bits per heavy atom. The summed E-state index contributed by atoms with van der Waals surface area (Å²) in [5.41, 5.74) is 2.43. The number of amides is 1. The van der Waals surface area contributed by atoms with Gasteiger partial charge in [0, 0.05) is 11.6 Å². The van der Waals surface area contributed by atoms with Crippen LogP contribution in [-0.4, -0.2) is 21.3 Å². The average Bonchev–Trinajstić information content (AvgIpc) is 2.84. The highest BCUT2D eigenvalue weighted by molar-refractivity contribution is 6.35. The van der Waals surface area contributed by atoms with Crippen molar-refractivity contribution in [3.05, 3.63) is 29.0 Å². The lowest BCUT2D eigenvalue weighted by Crippen LogP contribution is -2.29. The van der Waals surface area contributed by atoms with Crippen LogP contribution in [0, 0.1) is 0 Å². The van der Waals surface area contributed by atoms with Gasteiger partial charge in [-0.15, -0.1) is 0 Å². The highest BCUT2D eigenvalue weighted by atomic mass is 35.5. The number of carbonyl (C=O) groups is 1. The van der Waals surface area contributed by atoms with Crippen molar-refractivity contribution in [2.75, 3.05) is 0 Å². The van der Waals surface area contributed by atoms with Crippen LogP contribution >= 0.6 is 11.6 Å². The summed E-state index contributed by atoms with van der Waals surface area (Å²) in [5, 5.41) is 22.2. The molecule has 0 aliphatic carbocycles.